The van der Waals surface area contributed by atoms with Gasteiger partial charge < -0.3 is 14.5 Å². The van der Waals surface area contributed by atoms with Gasteiger partial charge in [0.25, 0.3) is 11.8 Å². The molecule has 0 bridgehead atoms. The molecular weight excluding hydrogens is 256 g/mol. The van der Waals surface area contributed by atoms with Gasteiger partial charge in [-0.15, -0.1) is 0 Å². The van der Waals surface area contributed by atoms with Gasteiger partial charge in [-0.2, -0.15) is 0 Å². The second kappa shape index (κ2) is 9.75. The zero-order chi connectivity index (χ0) is 15.7. The summed E-state index contributed by atoms with van der Waals surface area (Å²) in [5.74, 6) is -0.0857. The number of hydrogen-bond donors (Lipinski definition) is 0. The summed E-state index contributed by atoms with van der Waals surface area (Å²) in [5, 5.41) is 0. The predicted octanol–water partition coefficient (Wildman–Crippen LogP) is 1.91. The van der Waals surface area contributed by atoms with E-state index in [1.165, 1.54) is 0 Å². The van der Waals surface area contributed by atoms with Crippen molar-refractivity contribution < 1.29 is 14.3 Å². The summed E-state index contributed by atoms with van der Waals surface area (Å²) in [4.78, 5) is 27.9. The van der Waals surface area contributed by atoms with Gasteiger partial charge in [0.15, 0.2) is 0 Å². The first-order valence-corrected chi connectivity index (χ1v) is 7.69. The van der Waals surface area contributed by atoms with Crippen molar-refractivity contribution in [1.82, 2.24) is 9.80 Å². The number of carbonyl (C=O) groups excluding carboxylic acids is 2. The molecule has 0 saturated carbocycles. The predicted molar refractivity (Wildman–Crippen MR) is 80.5 cm³/mol. The van der Waals surface area contributed by atoms with E-state index < -0.39 is 12.2 Å². The van der Waals surface area contributed by atoms with Crippen molar-refractivity contribution in [2.75, 3.05) is 26.2 Å². The lowest BCUT2D eigenvalue weighted by atomic mass is 10.2. The van der Waals surface area contributed by atoms with E-state index in [9.17, 15) is 9.59 Å². The molecular formula is C15H30N2O3. The number of rotatable bonds is 9. The van der Waals surface area contributed by atoms with E-state index in [1.54, 1.807) is 16.7 Å². The summed E-state index contributed by atoms with van der Waals surface area (Å²) in [6.07, 6.45) is -0.547. The molecule has 2 unspecified atom stereocenters. The Balaban J connectivity index is 4.71. The standard InChI is InChI=1S/C15H30N2O3/c1-7-13(15(19)17(10-4)11-5)20-12(6)14(18)16(8-2)9-3/h12-13H,7-11H2,1-6H3. The molecule has 0 spiro atoms. The molecule has 2 amide bonds. The SMILES string of the molecule is CCC(OC(C)C(=O)N(CC)CC)C(=O)N(CC)CC. The summed E-state index contributed by atoms with van der Waals surface area (Å²) in [5.41, 5.74) is 0. The highest BCUT2D eigenvalue weighted by molar-refractivity contribution is 5.83. The maximum Gasteiger partial charge on any atom is 0.251 e. The van der Waals surface area contributed by atoms with Crippen LogP contribution in [-0.2, 0) is 14.3 Å². The van der Waals surface area contributed by atoms with Crippen LogP contribution < -0.4 is 0 Å². The van der Waals surface area contributed by atoms with Crippen LogP contribution in [0.3, 0.4) is 0 Å². The quantitative estimate of drug-likeness (QED) is 0.650. The highest BCUT2D eigenvalue weighted by Gasteiger charge is 2.27. The minimum atomic E-state index is -0.584. The zero-order valence-corrected chi connectivity index (χ0v) is 13.8. The maximum atomic E-state index is 12.3. The van der Waals surface area contributed by atoms with Crippen LogP contribution in [0.4, 0.5) is 0 Å². The lowest BCUT2D eigenvalue weighted by molar-refractivity contribution is -0.156. The monoisotopic (exact) mass is 286 g/mol. The number of likely N-dealkylation sites (N-methyl/N-ethyl adjacent to an activating group) is 2. The van der Waals surface area contributed by atoms with E-state index in [4.69, 9.17) is 4.74 Å². The Morgan fingerprint density at radius 2 is 1.25 bits per heavy atom. The van der Waals surface area contributed by atoms with E-state index >= 15 is 0 Å². The zero-order valence-electron chi connectivity index (χ0n) is 13.8. The molecule has 0 radical (unpaired) electrons. The third-order valence-electron chi connectivity index (χ3n) is 3.51. The van der Waals surface area contributed by atoms with Gasteiger partial charge in [0.05, 0.1) is 0 Å². The molecule has 5 heteroatoms. The van der Waals surface area contributed by atoms with Crippen LogP contribution in [0.15, 0.2) is 0 Å². The van der Waals surface area contributed by atoms with Crippen LogP contribution >= 0.6 is 0 Å². The van der Waals surface area contributed by atoms with Crippen molar-refractivity contribution in [1.29, 1.82) is 0 Å². The summed E-state index contributed by atoms with van der Waals surface area (Å²) in [6.45, 7) is 14.0. The molecule has 0 N–H and O–H groups in total. The highest BCUT2D eigenvalue weighted by atomic mass is 16.5. The molecule has 2 atom stereocenters. The lowest BCUT2D eigenvalue weighted by Gasteiger charge is -2.28. The average molecular weight is 286 g/mol. The molecule has 0 saturated heterocycles. The lowest BCUT2D eigenvalue weighted by Crippen LogP contribution is -2.45. The van der Waals surface area contributed by atoms with E-state index in [0.29, 0.717) is 32.6 Å². The van der Waals surface area contributed by atoms with Crippen LogP contribution in [0, 0.1) is 0 Å². The summed E-state index contributed by atoms with van der Waals surface area (Å²) in [6, 6.07) is 0. The summed E-state index contributed by atoms with van der Waals surface area (Å²) >= 11 is 0. The normalized spacial score (nSPS) is 13.7. The number of nitrogens with zero attached hydrogens (tertiary/aromatic N) is 2. The highest BCUT2D eigenvalue weighted by Crippen LogP contribution is 2.09. The molecule has 0 rings (SSSR count). The van der Waals surface area contributed by atoms with Gasteiger partial charge in [-0.05, 0) is 41.0 Å². The van der Waals surface area contributed by atoms with Crippen molar-refractivity contribution in [3.8, 4) is 0 Å². The van der Waals surface area contributed by atoms with Gasteiger partial charge in [0, 0.05) is 26.2 Å². The van der Waals surface area contributed by atoms with E-state index in [2.05, 4.69) is 0 Å². The van der Waals surface area contributed by atoms with Gasteiger partial charge in [-0.3, -0.25) is 9.59 Å². The van der Waals surface area contributed by atoms with Crippen molar-refractivity contribution in [2.24, 2.45) is 0 Å². The minimum Gasteiger partial charge on any atom is -0.356 e. The van der Waals surface area contributed by atoms with E-state index in [0.717, 1.165) is 0 Å². The number of amides is 2. The van der Waals surface area contributed by atoms with Gasteiger partial charge in [-0.1, -0.05) is 6.92 Å². The molecule has 0 aromatic carbocycles. The molecule has 0 aliphatic carbocycles. The second-order valence-electron chi connectivity index (χ2n) is 4.70. The van der Waals surface area contributed by atoms with Crippen LogP contribution in [0.5, 0.6) is 0 Å². The van der Waals surface area contributed by atoms with E-state index in [1.807, 2.05) is 34.6 Å². The first kappa shape index (κ1) is 18.9. The Morgan fingerprint density at radius 1 is 0.850 bits per heavy atom. The summed E-state index contributed by atoms with van der Waals surface area (Å²) < 4.78 is 5.71. The van der Waals surface area contributed by atoms with Crippen molar-refractivity contribution in [3.63, 3.8) is 0 Å². The van der Waals surface area contributed by atoms with E-state index in [-0.39, 0.29) is 11.8 Å². The third-order valence-corrected chi connectivity index (χ3v) is 3.51. The third kappa shape index (κ3) is 5.12. The molecule has 0 aliphatic rings. The molecule has 0 aliphatic heterocycles. The molecule has 0 aromatic heterocycles. The first-order valence-electron chi connectivity index (χ1n) is 7.69. The van der Waals surface area contributed by atoms with Gasteiger partial charge in [0.2, 0.25) is 0 Å². The largest absolute Gasteiger partial charge is 0.356 e. The fourth-order valence-electron chi connectivity index (χ4n) is 2.16. The van der Waals surface area contributed by atoms with Crippen molar-refractivity contribution >= 4 is 11.8 Å². The number of ether oxygens (including phenoxy) is 1. The average Bonchev–Trinajstić information content (AvgIpc) is 2.46. The Bertz CT molecular complexity index is 299. The fraction of sp³-hybridized carbons (Fsp3) is 0.867. The molecule has 0 heterocycles. The van der Waals surface area contributed by atoms with Crippen molar-refractivity contribution in [3.05, 3.63) is 0 Å². The Kier molecular flexibility index (Phi) is 9.21. The fourth-order valence-corrected chi connectivity index (χ4v) is 2.16. The van der Waals surface area contributed by atoms with Crippen LogP contribution in [-0.4, -0.2) is 60.0 Å². The minimum absolute atomic E-state index is 0.0308. The second-order valence-corrected chi connectivity index (χ2v) is 4.70. The molecule has 0 fully saturated rings. The first-order chi connectivity index (χ1) is 9.46. The van der Waals surface area contributed by atoms with Crippen LogP contribution in [0.1, 0.15) is 48.0 Å². The summed E-state index contributed by atoms with van der Waals surface area (Å²) in [7, 11) is 0. The topological polar surface area (TPSA) is 49.9 Å². The molecule has 20 heavy (non-hydrogen) atoms. The van der Waals surface area contributed by atoms with Crippen LogP contribution in [0.2, 0.25) is 0 Å². The Morgan fingerprint density at radius 3 is 1.60 bits per heavy atom. The smallest absolute Gasteiger partial charge is 0.251 e. The maximum absolute atomic E-state index is 12.3. The molecule has 0 aromatic rings. The molecule has 118 valence electrons. The number of carbonyl (C=O) groups is 2. The van der Waals surface area contributed by atoms with Crippen molar-refractivity contribution in [2.45, 2.75) is 60.2 Å². The van der Waals surface area contributed by atoms with Crippen LogP contribution in [0.25, 0.3) is 0 Å². The Labute approximate surface area is 123 Å². The molecule has 5 nitrogen and oxygen atoms in total. The van der Waals surface area contributed by atoms with Gasteiger partial charge in [-0.25, -0.2) is 0 Å². The van der Waals surface area contributed by atoms with Gasteiger partial charge >= 0.3 is 0 Å². The number of hydrogen-bond acceptors (Lipinski definition) is 3. The Hall–Kier alpha value is -1.10. The van der Waals surface area contributed by atoms with Gasteiger partial charge in [0.1, 0.15) is 12.2 Å².